The Balaban J connectivity index is 2.71. The maximum Gasteiger partial charge on any atom is 0.0583 e. The van der Waals surface area contributed by atoms with E-state index in [1.165, 1.54) is 22.3 Å². The van der Waals surface area contributed by atoms with E-state index in [1.807, 2.05) is 6.20 Å². The quantitative estimate of drug-likeness (QED) is 0.851. The van der Waals surface area contributed by atoms with Crippen LogP contribution in [-0.4, -0.2) is 4.98 Å². The zero-order valence-electron chi connectivity index (χ0n) is 10.6. The Morgan fingerprint density at radius 2 is 1.94 bits per heavy atom. The van der Waals surface area contributed by atoms with E-state index in [9.17, 15) is 0 Å². The SMILES string of the molecule is CCc1cncc(N)c1-c1cc(C)ccc1C. The summed E-state index contributed by atoms with van der Waals surface area (Å²) in [7, 11) is 0. The third-order valence-corrected chi connectivity index (χ3v) is 3.10. The fourth-order valence-corrected chi connectivity index (χ4v) is 2.12. The number of aryl methyl sites for hydroxylation is 3. The van der Waals surface area contributed by atoms with Gasteiger partial charge >= 0.3 is 0 Å². The van der Waals surface area contributed by atoms with Crippen molar-refractivity contribution in [1.29, 1.82) is 0 Å². The topological polar surface area (TPSA) is 38.9 Å². The number of aromatic nitrogens is 1. The van der Waals surface area contributed by atoms with E-state index in [4.69, 9.17) is 5.73 Å². The zero-order valence-corrected chi connectivity index (χ0v) is 10.6. The largest absolute Gasteiger partial charge is 0.397 e. The molecular weight excluding hydrogens is 208 g/mol. The number of hydrogen-bond acceptors (Lipinski definition) is 2. The molecule has 0 aliphatic rings. The third-order valence-electron chi connectivity index (χ3n) is 3.10. The van der Waals surface area contributed by atoms with Crippen molar-refractivity contribution in [3.8, 4) is 11.1 Å². The highest BCUT2D eigenvalue weighted by Gasteiger charge is 2.10. The lowest BCUT2D eigenvalue weighted by Crippen LogP contribution is -1.98. The Labute approximate surface area is 103 Å². The molecule has 2 nitrogen and oxygen atoms in total. The number of nitrogens with two attached hydrogens (primary N) is 1. The number of nitrogen functional groups attached to an aromatic ring is 1. The summed E-state index contributed by atoms with van der Waals surface area (Å²) in [5.74, 6) is 0. The van der Waals surface area contributed by atoms with E-state index in [-0.39, 0.29) is 0 Å². The lowest BCUT2D eigenvalue weighted by Gasteiger charge is -2.13. The predicted octanol–water partition coefficient (Wildman–Crippen LogP) is 3.51. The minimum absolute atomic E-state index is 0.762. The predicted molar refractivity (Wildman–Crippen MR) is 72.9 cm³/mol. The molecule has 0 spiro atoms. The number of hydrogen-bond donors (Lipinski definition) is 1. The molecule has 0 atom stereocenters. The first-order chi connectivity index (χ1) is 8.13. The first-order valence-electron chi connectivity index (χ1n) is 5.93. The van der Waals surface area contributed by atoms with Crippen LogP contribution in [-0.2, 0) is 6.42 Å². The van der Waals surface area contributed by atoms with Crippen LogP contribution in [0.1, 0.15) is 23.6 Å². The molecule has 2 heteroatoms. The van der Waals surface area contributed by atoms with E-state index < -0.39 is 0 Å². The van der Waals surface area contributed by atoms with Gasteiger partial charge in [-0.25, -0.2) is 0 Å². The summed E-state index contributed by atoms with van der Waals surface area (Å²) in [6.07, 6.45) is 4.59. The Kier molecular flexibility index (Phi) is 3.14. The van der Waals surface area contributed by atoms with Crippen LogP contribution in [0.15, 0.2) is 30.6 Å². The molecule has 2 rings (SSSR count). The molecule has 88 valence electrons. The summed E-state index contributed by atoms with van der Waals surface area (Å²) in [6, 6.07) is 6.46. The Morgan fingerprint density at radius 3 is 2.65 bits per heavy atom. The van der Waals surface area contributed by atoms with Crippen LogP contribution in [0.3, 0.4) is 0 Å². The number of pyridine rings is 1. The van der Waals surface area contributed by atoms with Crippen molar-refractivity contribution in [3.05, 3.63) is 47.3 Å². The summed E-state index contributed by atoms with van der Waals surface area (Å²) in [5, 5.41) is 0. The van der Waals surface area contributed by atoms with E-state index >= 15 is 0 Å². The molecule has 2 N–H and O–H groups in total. The van der Waals surface area contributed by atoms with Gasteiger partial charge in [0, 0.05) is 11.8 Å². The van der Waals surface area contributed by atoms with Gasteiger partial charge in [0.2, 0.25) is 0 Å². The number of rotatable bonds is 2. The van der Waals surface area contributed by atoms with E-state index in [2.05, 4.69) is 44.0 Å². The summed E-state index contributed by atoms with van der Waals surface area (Å²) in [6.45, 7) is 6.35. The summed E-state index contributed by atoms with van der Waals surface area (Å²) in [4.78, 5) is 4.17. The lowest BCUT2D eigenvalue weighted by molar-refractivity contribution is 1.11. The Hall–Kier alpha value is -1.83. The molecule has 0 unspecified atom stereocenters. The van der Waals surface area contributed by atoms with Gasteiger partial charge in [-0.2, -0.15) is 0 Å². The molecule has 1 aromatic carbocycles. The van der Waals surface area contributed by atoms with Gasteiger partial charge < -0.3 is 5.73 Å². The normalized spacial score (nSPS) is 10.5. The van der Waals surface area contributed by atoms with Crippen molar-refractivity contribution in [1.82, 2.24) is 4.98 Å². The minimum atomic E-state index is 0.762. The average molecular weight is 226 g/mol. The zero-order chi connectivity index (χ0) is 12.4. The van der Waals surface area contributed by atoms with Crippen LogP contribution in [0.4, 0.5) is 5.69 Å². The molecule has 0 aliphatic heterocycles. The van der Waals surface area contributed by atoms with Crippen molar-refractivity contribution in [2.24, 2.45) is 0 Å². The van der Waals surface area contributed by atoms with Gasteiger partial charge in [-0.3, -0.25) is 4.98 Å². The third kappa shape index (κ3) is 2.16. The van der Waals surface area contributed by atoms with Gasteiger partial charge in [-0.15, -0.1) is 0 Å². The van der Waals surface area contributed by atoms with Gasteiger partial charge in [0.25, 0.3) is 0 Å². The Morgan fingerprint density at radius 1 is 1.18 bits per heavy atom. The number of nitrogens with zero attached hydrogens (tertiary/aromatic N) is 1. The maximum atomic E-state index is 6.09. The molecule has 1 heterocycles. The van der Waals surface area contributed by atoms with Crippen LogP contribution in [0.5, 0.6) is 0 Å². The highest BCUT2D eigenvalue weighted by Crippen LogP contribution is 2.32. The summed E-state index contributed by atoms with van der Waals surface area (Å²) >= 11 is 0. The van der Waals surface area contributed by atoms with Crippen molar-refractivity contribution in [3.63, 3.8) is 0 Å². The van der Waals surface area contributed by atoms with Gasteiger partial charge in [-0.05, 0) is 37.0 Å². The molecule has 0 radical (unpaired) electrons. The number of benzene rings is 1. The van der Waals surface area contributed by atoms with Crippen LogP contribution < -0.4 is 5.73 Å². The smallest absolute Gasteiger partial charge is 0.0583 e. The molecule has 0 bridgehead atoms. The molecule has 1 aromatic heterocycles. The van der Waals surface area contributed by atoms with E-state index in [1.54, 1.807) is 6.20 Å². The first-order valence-corrected chi connectivity index (χ1v) is 5.93. The monoisotopic (exact) mass is 226 g/mol. The second kappa shape index (κ2) is 4.58. The highest BCUT2D eigenvalue weighted by atomic mass is 14.7. The minimum Gasteiger partial charge on any atom is -0.397 e. The van der Waals surface area contributed by atoms with Crippen molar-refractivity contribution in [2.45, 2.75) is 27.2 Å². The molecule has 0 saturated carbocycles. The standard InChI is InChI=1S/C15H18N2/c1-4-12-8-17-9-14(16)15(12)13-7-10(2)5-6-11(13)3/h5-9H,4,16H2,1-3H3. The lowest BCUT2D eigenvalue weighted by atomic mass is 9.94. The van der Waals surface area contributed by atoms with E-state index in [0.29, 0.717) is 0 Å². The van der Waals surface area contributed by atoms with Crippen molar-refractivity contribution in [2.75, 3.05) is 5.73 Å². The van der Waals surface area contributed by atoms with Crippen LogP contribution in [0, 0.1) is 13.8 Å². The molecule has 0 aliphatic carbocycles. The van der Waals surface area contributed by atoms with Crippen molar-refractivity contribution >= 4 is 5.69 Å². The van der Waals surface area contributed by atoms with Crippen LogP contribution in [0.25, 0.3) is 11.1 Å². The molecule has 2 aromatic rings. The highest BCUT2D eigenvalue weighted by molar-refractivity contribution is 5.81. The molecule has 0 fully saturated rings. The van der Waals surface area contributed by atoms with E-state index in [0.717, 1.165) is 17.7 Å². The van der Waals surface area contributed by atoms with Crippen molar-refractivity contribution < 1.29 is 0 Å². The fourth-order valence-electron chi connectivity index (χ4n) is 2.12. The molecular formula is C15H18N2. The average Bonchev–Trinajstić information content (AvgIpc) is 2.32. The van der Waals surface area contributed by atoms with Gasteiger partial charge in [0.1, 0.15) is 0 Å². The van der Waals surface area contributed by atoms with Crippen LogP contribution in [0.2, 0.25) is 0 Å². The fraction of sp³-hybridized carbons (Fsp3) is 0.267. The van der Waals surface area contributed by atoms with Gasteiger partial charge in [0.05, 0.1) is 11.9 Å². The Bertz CT molecular complexity index is 545. The van der Waals surface area contributed by atoms with Gasteiger partial charge in [0.15, 0.2) is 0 Å². The summed E-state index contributed by atoms with van der Waals surface area (Å²) < 4.78 is 0. The maximum absolute atomic E-state index is 6.09. The molecule has 0 saturated heterocycles. The first kappa shape index (κ1) is 11.6. The second-order valence-corrected chi connectivity index (χ2v) is 4.43. The number of anilines is 1. The van der Waals surface area contributed by atoms with Crippen LogP contribution >= 0.6 is 0 Å². The summed E-state index contributed by atoms with van der Waals surface area (Å²) in [5.41, 5.74) is 12.9. The molecule has 0 amide bonds. The second-order valence-electron chi connectivity index (χ2n) is 4.43. The molecule has 17 heavy (non-hydrogen) atoms. The van der Waals surface area contributed by atoms with Gasteiger partial charge in [-0.1, -0.05) is 30.7 Å².